The van der Waals surface area contributed by atoms with Crippen LogP contribution in [0.2, 0.25) is 0 Å². The summed E-state index contributed by atoms with van der Waals surface area (Å²) in [6, 6.07) is 18.1. The number of aliphatic hydroxyl groups is 1. The fraction of sp³-hybridized carbons (Fsp3) is 0.345. The minimum absolute atomic E-state index is 0. The first-order chi connectivity index (χ1) is 15.3. The van der Waals surface area contributed by atoms with Gasteiger partial charge < -0.3 is 10.1 Å². The minimum Gasteiger partial charge on any atom is -0.512 e. The van der Waals surface area contributed by atoms with Crippen LogP contribution >= 0.6 is 0 Å². The van der Waals surface area contributed by atoms with Gasteiger partial charge >= 0.3 is 0 Å². The van der Waals surface area contributed by atoms with Crippen LogP contribution in [0.4, 0.5) is 0 Å². The number of nitrogens with zero attached hydrogens (tertiary/aromatic N) is 2. The number of aromatic nitrogens is 2. The molecule has 183 valence electrons. The molecule has 1 aromatic carbocycles. The van der Waals surface area contributed by atoms with Crippen molar-refractivity contribution in [2.24, 2.45) is 0 Å². The number of carbonyl (C=O) groups is 1. The third-order valence-electron chi connectivity index (χ3n) is 5.05. The molecule has 0 aliphatic heterocycles. The van der Waals surface area contributed by atoms with E-state index in [2.05, 4.69) is 94.0 Å². The van der Waals surface area contributed by atoms with Crippen LogP contribution in [0.15, 0.2) is 66.7 Å². The molecule has 0 saturated heterocycles. The first-order valence-corrected chi connectivity index (χ1v) is 11.1. The van der Waals surface area contributed by atoms with E-state index in [1.165, 1.54) is 31.1 Å². The molecule has 0 unspecified atom stereocenters. The average molecular weight is 636 g/mol. The summed E-state index contributed by atoms with van der Waals surface area (Å²) in [7, 11) is 0. The van der Waals surface area contributed by atoms with Gasteiger partial charge in [0.2, 0.25) is 0 Å². The Kier molecular flexibility index (Phi) is 10.5. The first kappa shape index (κ1) is 29.4. The van der Waals surface area contributed by atoms with E-state index in [0.29, 0.717) is 0 Å². The van der Waals surface area contributed by atoms with Crippen LogP contribution in [-0.2, 0) is 35.7 Å². The van der Waals surface area contributed by atoms with Gasteiger partial charge in [-0.2, -0.15) is 0 Å². The van der Waals surface area contributed by atoms with Crippen molar-refractivity contribution in [3.8, 4) is 22.5 Å². The van der Waals surface area contributed by atoms with E-state index in [1.807, 2.05) is 18.5 Å². The number of ketones is 1. The second kappa shape index (κ2) is 12.2. The normalized spacial score (nSPS) is 11.7. The zero-order chi connectivity index (χ0) is 24.8. The molecule has 0 aliphatic carbocycles. The Bertz CT molecular complexity index is 1040. The smallest absolute Gasteiger partial charge is 0.155 e. The molecule has 4 nitrogen and oxygen atoms in total. The zero-order valence-corrected chi connectivity index (χ0v) is 23.8. The Balaban J connectivity index is 0.000000633. The quantitative estimate of drug-likeness (QED) is 0.187. The van der Waals surface area contributed by atoms with Crippen LogP contribution in [0.25, 0.3) is 22.5 Å². The molecule has 0 aliphatic rings. The number of carbonyl (C=O) groups excluding carboxylic acids is 1. The van der Waals surface area contributed by atoms with Gasteiger partial charge in [-0.3, -0.25) is 9.78 Å². The third kappa shape index (κ3) is 8.96. The SMILES string of the molecule is CC(=O)/C=C(/C)O.CC(C)(C)c1ccnc(-c2[c-]cc(-c3cc(C(C)(C)C)ccn3)cc2)c1.[Ir]. The van der Waals surface area contributed by atoms with Crippen molar-refractivity contribution in [2.45, 2.75) is 66.2 Å². The number of rotatable bonds is 3. The molecule has 3 rings (SSSR count). The van der Waals surface area contributed by atoms with Crippen molar-refractivity contribution in [1.29, 1.82) is 0 Å². The average Bonchev–Trinajstić information content (AvgIpc) is 2.72. The van der Waals surface area contributed by atoms with Crippen molar-refractivity contribution < 1.29 is 30.0 Å². The van der Waals surface area contributed by atoms with E-state index in [-0.39, 0.29) is 42.5 Å². The van der Waals surface area contributed by atoms with E-state index in [4.69, 9.17) is 5.11 Å². The predicted octanol–water partition coefficient (Wildman–Crippen LogP) is 7.24. The summed E-state index contributed by atoms with van der Waals surface area (Å²) in [4.78, 5) is 19.1. The van der Waals surface area contributed by atoms with Crippen LogP contribution in [0, 0.1) is 6.07 Å². The van der Waals surface area contributed by atoms with Crippen LogP contribution in [0.3, 0.4) is 0 Å². The summed E-state index contributed by atoms with van der Waals surface area (Å²) in [6.45, 7) is 16.1. The second-order valence-corrected chi connectivity index (χ2v) is 10.2. The Morgan fingerprint density at radius 2 is 1.35 bits per heavy atom. The molecule has 5 heteroatoms. The Morgan fingerprint density at radius 1 is 0.853 bits per heavy atom. The number of hydrogen-bond acceptors (Lipinski definition) is 4. The number of allylic oxidation sites excluding steroid dienone is 2. The molecular weight excluding hydrogens is 601 g/mol. The molecule has 2 aromatic heterocycles. The van der Waals surface area contributed by atoms with E-state index < -0.39 is 0 Å². The predicted molar refractivity (Wildman–Crippen MR) is 136 cm³/mol. The molecular formula is C29H35IrN2O2-. The molecule has 0 amide bonds. The second-order valence-electron chi connectivity index (χ2n) is 10.2. The third-order valence-corrected chi connectivity index (χ3v) is 5.05. The zero-order valence-electron chi connectivity index (χ0n) is 21.4. The number of aliphatic hydroxyl groups excluding tert-OH is 1. The minimum atomic E-state index is -0.125. The van der Waals surface area contributed by atoms with Gasteiger partial charge in [-0.05, 0) is 59.7 Å². The first-order valence-electron chi connectivity index (χ1n) is 11.1. The Morgan fingerprint density at radius 3 is 1.74 bits per heavy atom. The molecule has 2 heterocycles. The topological polar surface area (TPSA) is 63.1 Å². The Labute approximate surface area is 217 Å². The molecule has 3 aromatic rings. The summed E-state index contributed by atoms with van der Waals surface area (Å²) in [5, 5.41) is 8.36. The van der Waals surface area contributed by atoms with Crippen molar-refractivity contribution >= 4 is 5.78 Å². The summed E-state index contributed by atoms with van der Waals surface area (Å²) < 4.78 is 0. The molecule has 0 spiro atoms. The van der Waals surface area contributed by atoms with E-state index >= 15 is 0 Å². The van der Waals surface area contributed by atoms with Crippen molar-refractivity contribution in [2.75, 3.05) is 0 Å². The van der Waals surface area contributed by atoms with Crippen LogP contribution in [-0.4, -0.2) is 20.9 Å². The fourth-order valence-electron chi connectivity index (χ4n) is 3.14. The number of hydrogen-bond donors (Lipinski definition) is 1. The fourth-order valence-corrected chi connectivity index (χ4v) is 3.14. The van der Waals surface area contributed by atoms with Gasteiger partial charge in [-0.25, -0.2) is 0 Å². The van der Waals surface area contributed by atoms with Gasteiger partial charge in [0.05, 0.1) is 5.76 Å². The molecule has 0 atom stereocenters. The maximum Gasteiger partial charge on any atom is 0.155 e. The number of pyridine rings is 2. The summed E-state index contributed by atoms with van der Waals surface area (Å²) in [6.07, 6.45) is 4.93. The summed E-state index contributed by atoms with van der Waals surface area (Å²) in [5.41, 5.74) is 6.80. The van der Waals surface area contributed by atoms with Crippen molar-refractivity contribution in [3.63, 3.8) is 0 Å². The van der Waals surface area contributed by atoms with E-state index in [9.17, 15) is 4.79 Å². The standard InChI is InChI=1S/C24H27N2.C5H8O2.Ir/c1-23(2,3)19-11-13-25-21(15-19)17-7-9-18(10-8-17)22-16-20(12-14-26-22)24(4,5)6;1-4(6)3-5(2)7;/h7-9,11-16H,1-6H3;3,6H,1-2H3;/q-1;;/b;4-3-;. The molecule has 0 fully saturated rings. The van der Waals surface area contributed by atoms with Crippen molar-refractivity contribution in [1.82, 2.24) is 9.97 Å². The van der Waals surface area contributed by atoms with Crippen LogP contribution in [0.5, 0.6) is 0 Å². The van der Waals surface area contributed by atoms with Gasteiger partial charge in [0, 0.05) is 44.3 Å². The largest absolute Gasteiger partial charge is 0.512 e. The molecule has 1 radical (unpaired) electrons. The number of benzene rings is 1. The van der Waals surface area contributed by atoms with Gasteiger partial charge in [0.1, 0.15) is 0 Å². The summed E-state index contributed by atoms with van der Waals surface area (Å²) in [5.74, 6) is -0.0625. The van der Waals surface area contributed by atoms with E-state index in [0.717, 1.165) is 22.5 Å². The molecule has 34 heavy (non-hydrogen) atoms. The van der Waals surface area contributed by atoms with Gasteiger partial charge in [-0.15, -0.1) is 29.8 Å². The van der Waals surface area contributed by atoms with Crippen molar-refractivity contribution in [3.05, 3.63) is 83.9 Å². The maximum atomic E-state index is 10.0. The summed E-state index contributed by atoms with van der Waals surface area (Å²) >= 11 is 0. The van der Waals surface area contributed by atoms with Gasteiger partial charge in [0.15, 0.2) is 5.78 Å². The Hall–Kier alpha value is -2.62. The van der Waals surface area contributed by atoms with Crippen LogP contribution in [0.1, 0.15) is 66.5 Å². The van der Waals surface area contributed by atoms with Crippen LogP contribution < -0.4 is 0 Å². The van der Waals surface area contributed by atoms with Gasteiger partial charge in [-0.1, -0.05) is 53.2 Å². The maximum absolute atomic E-state index is 10.0. The molecule has 1 N–H and O–H groups in total. The van der Waals surface area contributed by atoms with E-state index in [1.54, 1.807) is 0 Å². The molecule has 0 bridgehead atoms. The molecule has 0 saturated carbocycles. The monoisotopic (exact) mass is 636 g/mol. The van der Waals surface area contributed by atoms with Gasteiger partial charge in [0.25, 0.3) is 0 Å².